The minimum atomic E-state index is -0.202. The van der Waals surface area contributed by atoms with Gasteiger partial charge in [0, 0.05) is 10.0 Å². The van der Waals surface area contributed by atoms with Gasteiger partial charge in [0.1, 0.15) is 12.4 Å². The Bertz CT molecular complexity index is 466. The molecule has 0 fully saturated rings. The van der Waals surface area contributed by atoms with Crippen molar-refractivity contribution in [3.8, 4) is 5.75 Å². The number of ether oxygens (including phenoxy) is 2. The van der Waals surface area contributed by atoms with Gasteiger partial charge < -0.3 is 9.47 Å². The zero-order valence-electron chi connectivity index (χ0n) is 9.53. The highest BCUT2D eigenvalue weighted by Gasteiger charge is 2.17. The summed E-state index contributed by atoms with van der Waals surface area (Å²) >= 11 is 3.42. The Labute approximate surface area is 109 Å². The molecule has 0 saturated carbocycles. The van der Waals surface area contributed by atoms with Crippen LogP contribution in [0.1, 0.15) is 18.9 Å². The number of hydrogen-bond donors (Lipinski definition) is 0. The first kappa shape index (κ1) is 12.2. The van der Waals surface area contributed by atoms with E-state index in [0.717, 1.165) is 21.4 Å². The molecule has 4 heteroatoms. The molecule has 1 aromatic rings. The predicted octanol–water partition coefficient (Wildman–Crippen LogP) is 3.18. The molecule has 1 aromatic carbocycles. The second-order valence-corrected chi connectivity index (χ2v) is 4.58. The van der Waals surface area contributed by atoms with Crippen molar-refractivity contribution >= 4 is 27.5 Å². The number of carbonyl (C=O) groups excluding carboxylic acids is 1. The highest BCUT2D eigenvalue weighted by Crippen LogP contribution is 2.34. The molecule has 90 valence electrons. The molecule has 1 aliphatic heterocycles. The third kappa shape index (κ3) is 2.88. The highest BCUT2D eigenvalue weighted by atomic mass is 79.9. The number of esters is 1. The predicted molar refractivity (Wildman–Crippen MR) is 68.9 cm³/mol. The summed E-state index contributed by atoms with van der Waals surface area (Å²) in [4.78, 5) is 11.5. The Balaban J connectivity index is 2.22. The van der Waals surface area contributed by atoms with Gasteiger partial charge >= 0.3 is 5.97 Å². The van der Waals surface area contributed by atoms with E-state index < -0.39 is 0 Å². The van der Waals surface area contributed by atoms with Gasteiger partial charge in [0.25, 0.3) is 0 Å². The third-order valence-corrected chi connectivity index (χ3v) is 2.99. The van der Waals surface area contributed by atoms with E-state index in [1.807, 2.05) is 24.3 Å². The summed E-state index contributed by atoms with van der Waals surface area (Å²) in [5.74, 6) is 0.613. The van der Waals surface area contributed by atoms with Crippen LogP contribution in [0.5, 0.6) is 5.75 Å². The van der Waals surface area contributed by atoms with Crippen LogP contribution in [-0.4, -0.2) is 19.2 Å². The van der Waals surface area contributed by atoms with Crippen molar-refractivity contribution in [2.45, 2.75) is 13.3 Å². The summed E-state index contributed by atoms with van der Waals surface area (Å²) in [5, 5.41) is 0. The number of halogens is 1. The fraction of sp³-hybridized carbons (Fsp3) is 0.308. The molecule has 0 saturated heterocycles. The Morgan fingerprint density at radius 2 is 2.35 bits per heavy atom. The molecule has 0 aliphatic carbocycles. The van der Waals surface area contributed by atoms with E-state index in [0.29, 0.717) is 19.6 Å². The molecule has 0 N–H and O–H groups in total. The van der Waals surface area contributed by atoms with Gasteiger partial charge in [-0.3, -0.25) is 4.79 Å². The average Bonchev–Trinajstić information content (AvgIpc) is 2.30. The first-order valence-electron chi connectivity index (χ1n) is 5.48. The van der Waals surface area contributed by atoms with Crippen LogP contribution < -0.4 is 4.74 Å². The number of rotatable bonds is 3. The van der Waals surface area contributed by atoms with E-state index in [1.165, 1.54) is 0 Å². The zero-order valence-corrected chi connectivity index (χ0v) is 11.1. The number of benzene rings is 1. The Hall–Kier alpha value is -1.29. The Kier molecular flexibility index (Phi) is 3.84. The van der Waals surface area contributed by atoms with E-state index >= 15 is 0 Å². The molecule has 1 aliphatic rings. The van der Waals surface area contributed by atoms with E-state index in [-0.39, 0.29) is 5.97 Å². The van der Waals surface area contributed by atoms with E-state index in [4.69, 9.17) is 9.47 Å². The first-order chi connectivity index (χ1) is 8.20. The first-order valence-corrected chi connectivity index (χ1v) is 6.27. The van der Waals surface area contributed by atoms with Crippen LogP contribution in [0, 0.1) is 0 Å². The van der Waals surface area contributed by atoms with Crippen LogP contribution in [-0.2, 0) is 9.53 Å². The van der Waals surface area contributed by atoms with Crippen molar-refractivity contribution < 1.29 is 14.3 Å². The van der Waals surface area contributed by atoms with Gasteiger partial charge in [0.2, 0.25) is 0 Å². The van der Waals surface area contributed by atoms with Crippen LogP contribution in [0.25, 0.3) is 5.57 Å². The molecule has 0 aromatic heterocycles. The molecule has 0 spiro atoms. The molecule has 2 rings (SSSR count). The normalized spacial score (nSPS) is 13.4. The smallest absolute Gasteiger partial charge is 0.310 e. The molecule has 0 unspecified atom stereocenters. The van der Waals surface area contributed by atoms with Gasteiger partial charge in [0.15, 0.2) is 0 Å². The van der Waals surface area contributed by atoms with Crippen molar-refractivity contribution in [3.63, 3.8) is 0 Å². The van der Waals surface area contributed by atoms with Gasteiger partial charge in [-0.05, 0) is 36.8 Å². The molecular formula is C13H13BrO3. The van der Waals surface area contributed by atoms with Crippen LogP contribution in [0.15, 0.2) is 28.7 Å². The van der Waals surface area contributed by atoms with Crippen molar-refractivity contribution in [3.05, 3.63) is 34.3 Å². The number of hydrogen-bond acceptors (Lipinski definition) is 3. The van der Waals surface area contributed by atoms with Gasteiger partial charge in [-0.15, -0.1) is 0 Å². The minimum Gasteiger partial charge on any atom is -0.489 e. The molecule has 17 heavy (non-hydrogen) atoms. The maximum absolute atomic E-state index is 11.5. The van der Waals surface area contributed by atoms with Crippen molar-refractivity contribution in [1.82, 2.24) is 0 Å². The average molecular weight is 297 g/mol. The lowest BCUT2D eigenvalue weighted by atomic mass is 10.00. The molecule has 3 nitrogen and oxygen atoms in total. The fourth-order valence-electron chi connectivity index (χ4n) is 1.76. The van der Waals surface area contributed by atoms with Crippen LogP contribution >= 0.6 is 15.9 Å². The van der Waals surface area contributed by atoms with Gasteiger partial charge in [0.05, 0.1) is 13.0 Å². The largest absolute Gasteiger partial charge is 0.489 e. The van der Waals surface area contributed by atoms with Crippen LogP contribution in [0.4, 0.5) is 0 Å². The monoisotopic (exact) mass is 296 g/mol. The summed E-state index contributed by atoms with van der Waals surface area (Å²) < 4.78 is 11.4. The maximum Gasteiger partial charge on any atom is 0.310 e. The highest BCUT2D eigenvalue weighted by molar-refractivity contribution is 9.10. The SMILES string of the molecule is CCOC(=O)CC1=CCOc2ccc(Br)cc21. The molecule has 0 amide bonds. The van der Waals surface area contributed by atoms with Crippen molar-refractivity contribution in [2.75, 3.05) is 13.2 Å². The fourth-order valence-corrected chi connectivity index (χ4v) is 2.12. The van der Waals surface area contributed by atoms with E-state index in [2.05, 4.69) is 15.9 Å². The summed E-state index contributed by atoms with van der Waals surface area (Å²) in [6.45, 7) is 2.72. The van der Waals surface area contributed by atoms with Gasteiger partial charge in [-0.1, -0.05) is 15.9 Å². The molecule has 1 heterocycles. The molecule has 0 atom stereocenters. The quantitative estimate of drug-likeness (QED) is 0.804. The lowest BCUT2D eigenvalue weighted by Gasteiger charge is -2.18. The third-order valence-electron chi connectivity index (χ3n) is 2.50. The second kappa shape index (κ2) is 5.36. The summed E-state index contributed by atoms with van der Waals surface area (Å²) in [7, 11) is 0. The Morgan fingerprint density at radius 3 is 3.12 bits per heavy atom. The standard InChI is InChI=1S/C13H13BrO3/c1-2-16-13(15)7-9-5-6-17-12-4-3-10(14)8-11(9)12/h3-5,8H,2,6-7H2,1H3. The molecular weight excluding hydrogens is 284 g/mol. The maximum atomic E-state index is 11.5. The Morgan fingerprint density at radius 1 is 1.53 bits per heavy atom. The lowest BCUT2D eigenvalue weighted by Crippen LogP contribution is -2.10. The minimum absolute atomic E-state index is 0.202. The van der Waals surface area contributed by atoms with Crippen LogP contribution in [0.2, 0.25) is 0 Å². The molecule has 0 radical (unpaired) electrons. The topological polar surface area (TPSA) is 35.5 Å². The van der Waals surface area contributed by atoms with Gasteiger partial charge in [-0.2, -0.15) is 0 Å². The summed E-state index contributed by atoms with van der Waals surface area (Å²) in [6.07, 6.45) is 2.21. The van der Waals surface area contributed by atoms with Gasteiger partial charge in [-0.25, -0.2) is 0 Å². The lowest BCUT2D eigenvalue weighted by molar-refractivity contribution is -0.141. The van der Waals surface area contributed by atoms with E-state index in [1.54, 1.807) is 6.92 Å². The summed E-state index contributed by atoms with van der Waals surface area (Å²) in [6, 6.07) is 5.78. The summed E-state index contributed by atoms with van der Waals surface area (Å²) in [5.41, 5.74) is 1.92. The number of fused-ring (bicyclic) bond motifs is 1. The van der Waals surface area contributed by atoms with Crippen molar-refractivity contribution in [1.29, 1.82) is 0 Å². The van der Waals surface area contributed by atoms with E-state index in [9.17, 15) is 4.79 Å². The molecule has 0 bridgehead atoms. The van der Waals surface area contributed by atoms with Crippen LogP contribution in [0.3, 0.4) is 0 Å². The second-order valence-electron chi connectivity index (χ2n) is 3.66. The zero-order chi connectivity index (χ0) is 12.3. The van der Waals surface area contributed by atoms with Crippen molar-refractivity contribution in [2.24, 2.45) is 0 Å². The number of carbonyl (C=O) groups is 1.